The molecule has 2 aromatic carbocycles. The van der Waals surface area contributed by atoms with Crippen LogP contribution in [0.3, 0.4) is 0 Å². The maximum Gasteiger partial charge on any atom is 0.257 e. The quantitative estimate of drug-likeness (QED) is 0.682. The number of fused-ring (bicyclic) bond motifs is 1. The van der Waals surface area contributed by atoms with Crippen molar-refractivity contribution in [2.24, 2.45) is 11.0 Å². The summed E-state index contributed by atoms with van der Waals surface area (Å²) in [5, 5.41) is 6.84. The minimum absolute atomic E-state index is 0.00737. The lowest BCUT2D eigenvalue weighted by Gasteiger charge is -2.31. The molecular formula is C27H31N3O. The van der Waals surface area contributed by atoms with Gasteiger partial charge in [0.1, 0.15) is 0 Å². The lowest BCUT2D eigenvalue weighted by molar-refractivity contribution is -0.135. The van der Waals surface area contributed by atoms with E-state index < -0.39 is 0 Å². The van der Waals surface area contributed by atoms with Crippen LogP contribution >= 0.6 is 0 Å². The molecule has 1 saturated carbocycles. The molecule has 2 aromatic rings. The fourth-order valence-corrected chi connectivity index (χ4v) is 5.32. The molecule has 4 nitrogen and oxygen atoms in total. The molecule has 1 saturated heterocycles. The molecule has 1 amide bonds. The Bertz CT molecular complexity index is 960. The van der Waals surface area contributed by atoms with E-state index in [1.807, 2.05) is 17.1 Å². The Morgan fingerprint density at radius 1 is 0.935 bits per heavy atom. The van der Waals surface area contributed by atoms with Crippen LogP contribution in [0.2, 0.25) is 0 Å². The van der Waals surface area contributed by atoms with Crippen LogP contribution in [0.15, 0.2) is 71.3 Å². The zero-order valence-corrected chi connectivity index (χ0v) is 18.1. The molecule has 1 aliphatic carbocycles. The van der Waals surface area contributed by atoms with Gasteiger partial charge in [0.2, 0.25) is 0 Å². The summed E-state index contributed by atoms with van der Waals surface area (Å²) < 4.78 is 0. The number of carbonyl (C=O) groups excluding carboxylic acids is 1. The highest BCUT2D eigenvalue weighted by Gasteiger charge is 2.43. The second kappa shape index (κ2) is 9.19. The van der Waals surface area contributed by atoms with E-state index in [2.05, 4.69) is 59.5 Å². The van der Waals surface area contributed by atoms with Crippen LogP contribution in [-0.2, 0) is 4.79 Å². The molecule has 160 valence electrons. The molecule has 0 N–H and O–H groups in total. The van der Waals surface area contributed by atoms with Gasteiger partial charge in [-0.1, -0.05) is 67.1 Å². The van der Waals surface area contributed by atoms with Crippen LogP contribution in [0, 0.1) is 5.92 Å². The number of carbonyl (C=O) groups is 1. The van der Waals surface area contributed by atoms with Gasteiger partial charge in [-0.3, -0.25) is 9.69 Å². The molecule has 3 aliphatic rings. The number of amides is 1. The molecule has 0 bridgehead atoms. The summed E-state index contributed by atoms with van der Waals surface area (Å²) in [6, 6.07) is 21.0. The van der Waals surface area contributed by atoms with Gasteiger partial charge in [0.15, 0.2) is 0 Å². The van der Waals surface area contributed by atoms with Gasteiger partial charge in [-0.15, -0.1) is 0 Å². The van der Waals surface area contributed by atoms with Crippen LogP contribution in [0.4, 0.5) is 0 Å². The molecular weight excluding hydrogens is 382 g/mol. The Hall–Kier alpha value is -2.72. The summed E-state index contributed by atoms with van der Waals surface area (Å²) in [6.45, 7) is 2.52. The number of hydrazone groups is 1. The molecule has 2 fully saturated rings. The summed E-state index contributed by atoms with van der Waals surface area (Å²) in [5.41, 5.74) is 4.81. The van der Waals surface area contributed by atoms with Crippen LogP contribution in [0.5, 0.6) is 0 Å². The van der Waals surface area contributed by atoms with E-state index in [0.29, 0.717) is 6.54 Å². The van der Waals surface area contributed by atoms with Crippen molar-refractivity contribution in [3.63, 3.8) is 0 Å². The van der Waals surface area contributed by atoms with Gasteiger partial charge in [0.25, 0.3) is 5.91 Å². The van der Waals surface area contributed by atoms with Gasteiger partial charge in [0, 0.05) is 5.92 Å². The second-order valence-corrected chi connectivity index (χ2v) is 8.99. The molecule has 4 heteroatoms. The number of piperidine rings is 1. The molecule has 0 radical (unpaired) electrons. The van der Waals surface area contributed by atoms with E-state index in [1.54, 1.807) is 0 Å². The minimum atomic E-state index is 0.00737. The van der Waals surface area contributed by atoms with Gasteiger partial charge >= 0.3 is 0 Å². The lowest BCUT2D eigenvalue weighted by atomic mass is 9.77. The molecule has 2 heterocycles. The van der Waals surface area contributed by atoms with E-state index in [-0.39, 0.29) is 17.9 Å². The van der Waals surface area contributed by atoms with Crippen molar-refractivity contribution in [2.45, 2.75) is 44.6 Å². The van der Waals surface area contributed by atoms with E-state index in [4.69, 9.17) is 5.10 Å². The molecule has 5 rings (SSSR count). The van der Waals surface area contributed by atoms with Gasteiger partial charge in [0.05, 0.1) is 18.3 Å². The number of benzene rings is 2. The number of hydrogen-bond acceptors (Lipinski definition) is 3. The smallest absolute Gasteiger partial charge is 0.257 e. The van der Waals surface area contributed by atoms with Crippen molar-refractivity contribution in [1.82, 2.24) is 9.91 Å². The molecule has 2 atom stereocenters. The highest BCUT2D eigenvalue weighted by molar-refractivity contribution is 6.08. The third kappa shape index (κ3) is 4.35. The normalized spacial score (nSPS) is 25.4. The van der Waals surface area contributed by atoms with Crippen LogP contribution in [0.1, 0.15) is 55.7 Å². The number of likely N-dealkylation sites (tertiary alicyclic amines) is 1. The van der Waals surface area contributed by atoms with Crippen molar-refractivity contribution in [3.8, 4) is 0 Å². The van der Waals surface area contributed by atoms with Gasteiger partial charge in [-0.2, -0.15) is 5.10 Å². The molecule has 0 aromatic heterocycles. The first-order valence-corrected chi connectivity index (χ1v) is 11.7. The summed E-state index contributed by atoms with van der Waals surface area (Å²) in [6.07, 6.45) is 9.18. The zero-order valence-electron chi connectivity index (χ0n) is 18.1. The van der Waals surface area contributed by atoms with E-state index in [0.717, 1.165) is 38.1 Å². The fraction of sp³-hybridized carbons (Fsp3) is 0.407. The van der Waals surface area contributed by atoms with E-state index in [1.165, 1.54) is 36.0 Å². The van der Waals surface area contributed by atoms with Crippen molar-refractivity contribution in [3.05, 3.63) is 77.4 Å². The minimum Gasteiger partial charge on any atom is -0.294 e. The van der Waals surface area contributed by atoms with Crippen LogP contribution in [0.25, 0.3) is 6.08 Å². The SMILES string of the molecule is O=C(CN1CCCCC1)N1N=C2/C(=C\c3ccccc3)CCCC2C1c1ccccc1. The van der Waals surface area contributed by atoms with Crippen molar-refractivity contribution >= 4 is 17.7 Å². The summed E-state index contributed by atoms with van der Waals surface area (Å²) in [5.74, 6) is 0.410. The first-order valence-electron chi connectivity index (χ1n) is 11.7. The number of nitrogens with zero attached hydrogens (tertiary/aromatic N) is 3. The maximum atomic E-state index is 13.5. The van der Waals surface area contributed by atoms with E-state index >= 15 is 0 Å². The molecule has 2 unspecified atom stereocenters. The van der Waals surface area contributed by atoms with Crippen molar-refractivity contribution in [1.29, 1.82) is 0 Å². The van der Waals surface area contributed by atoms with Crippen molar-refractivity contribution < 1.29 is 4.79 Å². The Kier molecular flexibility index (Phi) is 5.99. The second-order valence-electron chi connectivity index (χ2n) is 8.99. The highest BCUT2D eigenvalue weighted by Crippen LogP contribution is 2.44. The lowest BCUT2D eigenvalue weighted by Crippen LogP contribution is -2.41. The third-order valence-electron chi connectivity index (χ3n) is 6.85. The first-order chi connectivity index (χ1) is 15.3. The largest absolute Gasteiger partial charge is 0.294 e. The Morgan fingerprint density at radius 3 is 2.39 bits per heavy atom. The number of hydrogen-bond donors (Lipinski definition) is 0. The Balaban J connectivity index is 1.47. The number of rotatable bonds is 4. The fourth-order valence-electron chi connectivity index (χ4n) is 5.32. The summed E-state index contributed by atoms with van der Waals surface area (Å²) >= 11 is 0. The zero-order chi connectivity index (χ0) is 21.0. The van der Waals surface area contributed by atoms with Gasteiger partial charge in [-0.25, -0.2) is 5.01 Å². The number of allylic oxidation sites excluding steroid dienone is 1. The summed E-state index contributed by atoms with van der Waals surface area (Å²) in [7, 11) is 0. The van der Waals surface area contributed by atoms with Crippen molar-refractivity contribution in [2.75, 3.05) is 19.6 Å². The van der Waals surface area contributed by atoms with Crippen LogP contribution < -0.4 is 0 Å². The maximum absolute atomic E-state index is 13.5. The first kappa shape index (κ1) is 20.2. The Morgan fingerprint density at radius 2 is 1.65 bits per heavy atom. The predicted molar refractivity (Wildman–Crippen MR) is 126 cm³/mol. The topological polar surface area (TPSA) is 35.9 Å². The third-order valence-corrected chi connectivity index (χ3v) is 6.85. The average molecular weight is 414 g/mol. The molecule has 0 spiro atoms. The van der Waals surface area contributed by atoms with E-state index in [9.17, 15) is 4.79 Å². The monoisotopic (exact) mass is 413 g/mol. The van der Waals surface area contributed by atoms with Gasteiger partial charge < -0.3 is 0 Å². The molecule has 2 aliphatic heterocycles. The molecule has 31 heavy (non-hydrogen) atoms. The van der Waals surface area contributed by atoms with Crippen LogP contribution in [-0.4, -0.2) is 41.2 Å². The predicted octanol–water partition coefficient (Wildman–Crippen LogP) is 5.30. The van der Waals surface area contributed by atoms with Gasteiger partial charge in [-0.05, 0) is 68.0 Å². The average Bonchev–Trinajstić information content (AvgIpc) is 3.22. The standard InChI is InChI=1S/C27H31N3O/c31-25(20-29-17-8-3-9-18-29)30-27(22-13-6-2-7-14-22)24-16-10-15-23(26(24)28-30)19-21-11-4-1-5-12-21/h1-2,4-7,11-14,19,24,27H,3,8-10,15-18,20H2/b23-19-. The highest BCUT2D eigenvalue weighted by atomic mass is 16.2. The summed E-state index contributed by atoms with van der Waals surface area (Å²) in [4.78, 5) is 15.8. The Labute approximate surface area is 185 Å².